The number of halogens is 3. The van der Waals surface area contributed by atoms with Gasteiger partial charge < -0.3 is 10.6 Å². The molecule has 0 spiro atoms. The highest BCUT2D eigenvalue weighted by Gasteiger charge is 2.27. The van der Waals surface area contributed by atoms with Crippen molar-refractivity contribution in [3.8, 4) is 0 Å². The highest BCUT2D eigenvalue weighted by atomic mass is 79.9. The molecule has 0 radical (unpaired) electrons. The molecule has 1 amide bonds. The summed E-state index contributed by atoms with van der Waals surface area (Å²) in [7, 11) is 0. The van der Waals surface area contributed by atoms with Crippen molar-refractivity contribution >= 4 is 34.2 Å². The molecule has 1 unspecified atom stereocenters. The van der Waals surface area contributed by atoms with E-state index in [2.05, 4.69) is 15.9 Å². The number of amides is 1. The van der Waals surface area contributed by atoms with E-state index in [1.807, 2.05) is 0 Å². The molecule has 6 heteroatoms. The van der Waals surface area contributed by atoms with Crippen LogP contribution in [0.25, 0.3) is 0 Å². The molecule has 0 bridgehead atoms. The summed E-state index contributed by atoms with van der Waals surface area (Å²) in [5.74, 6) is -0.794. The minimum atomic E-state index is -0.500. The van der Waals surface area contributed by atoms with Gasteiger partial charge in [-0.15, -0.1) is 12.4 Å². The largest absolute Gasteiger partial charge is 0.337 e. The van der Waals surface area contributed by atoms with Gasteiger partial charge in [0.15, 0.2) is 0 Å². The van der Waals surface area contributed by atoms with Crippen molar-refractivity contribution < 1.29 is 9.18 Å². The van der Waals surface area contributed by atoms with E-state index in [1.165, 1.54) is 6.07 Å². The van der Waals surface area contributed by atoms with Crippen LogP contribution in [-0.2, 0) is 0 Å². The van der Waals surface area contributed by atoms with Gasteiger partial charge in [-0.05, 0) is 34.5 Å². The Morgan fingerprint density at radius 2 is 2.24 bits per heavy atom. The van der Waals surface area contributed by atoms with E-state index in [0.29, 0.717) is 17.6 Å². The Morgan fingerprint density at radius 1 is 1.53 bits per heavy atom. The average molecular weight is 324 g/mol. The normalized spacial score (nSPS) is 19.0. The minimum Gasteiger partial charge on any atom is -0.337 e. The predicted octanol–water partition coefficient (Wildman–Crippen LogP) is 2.18. The summed E-state index contributed by atoms with van der Waals surface area (Å²) in [5, 5.41) is 0. The van der Waals surface area contributed by atoms with Gasteiger partial charge in [0.1, 0.15) is 5.82 Å². The Kier molecular flexibility index (Phi) is 4.91. The van der Waals surface area contributed by atoms with E-state index in [4.69, 9.17) is 5.73 Å². The first kappa shape index (κ1) is 14.4. The molecule has 1 atom stereocenters. The van der Waals surface area contributed by atoms with Gasteiger partial charge in [0, 0.05) is 23.6 Å². The summed E-state index contributed by atoms with van der Waals surface area (Å²) in [6, 6.07) is 4.51. The minimum absolute atomic E-state index is 0. The lowest BCUT2D eigenvalue weighted by molar-refractivity contribution is 0.0785. The second-order valence-corrected chi connectivity index (χ2v) is 4.75. The Bertz CT molecular complexity index is 410. The van der Waals surface area contributed by atoms with Crippen LogP contribution in [0.3, 0.4) is 0 Å². The zero-order valence-electron chi connectivity index (χ0n) is 9.03. The van der Waals surface area contributed by atoms with Crippen molar-refractivity contribution in [3.05, 3.63) is 34.1 Å². The summed E-state index contributed by atoms with van der Waals surface area (Å²) in [4.78, 5) is 13.6. The molecule has 17 heavy (non-hydrogen) atoms. The van der Waals surface area contributed by atoms with Crippen molar-refractivity contribution in [2.45, 2.75) is 12.5 Å². The molecule has 1 heterocycles. The topological polar surface area (TPSA) is 46.3 Å². The standard InChI is InChI=1S/C11H12BrFN2O.ClH/c12-8-2-1-3-9(13)10(8)11(16)15-5-4-7(14)6-15;/h1-3,7H,4-6,14H2;1H. The highest BCUT2D eigenvalue weighted by molar-refractivity contribution is 9.10. The van der Waals surface area contributed by atoms with Gasteiger partial charge in [0.25, 0.3) is 5.91 Å². The van der Waals surface area contributed by atoms with Gasteiger partial charge in [0.2, 0.25) is 0 Å². The fraction of sp³-hybridized carbons (Fsp3) is 0.364. The molecule has 1 aromatic rings. The number of likely N-dealkylation sites (tertiary alicyclic amines) is 1. The van der Waals surface area contributed by atoms with Gasteiger partial charge in [-0.3, -0.25) is 4.79 Å². The zero-order valence-corrected chi connectivity index (χ0v) is 11.4. The molecule has 1 aromatic carbocycles. The van der Waals surface area contributed by atoms with E-state index in [-0.39, 0.29) is 29.9 Å². The number of rotatable bonds is 1. The van der Waals surface area contributed by atoms with Crippen LogP contribution in [0.15, 0.2) is 22.7 Å². The van der Waals surface area contributed by atoms with E-state index < -0.39 is 5.82 Å². The van der Waals surface area contributed by atoms with Crippen LogP contribution < -0.4 is 5.73 Å². The molecule has 0 aliphatic carbocycles. The SMILES string of the molecule is Cl.NC1CCN(C(=O)c2c(F)cccc2Br)C1. The quantitative estimate of drug-likeness (QED) is 0.861. The van der Waals surface area contributed by atoms with Crippen LogP contribution in [-0.4, -0.2) is 29.9 Å². The molecule has 94 valence electrons. The van der Waals surface area contributed by atoms with Crippen molar-refractivity contribution in [1.82, 2.24) is 4.90 Å². The molecular formula is C11H13BrClFN2O. The van der Waals surface area contributed by atoms with Gasteiger partial charge in [0.05, 0.1) is 5.56 Å². The van der Waals surface area contributed by atoms with Gasteiger partial charge >= 0.3 is 0 Å². The van der Waals surface area contributed by atoms with Crippen molar-refractivity contribution in [3.63, 3.8) is 0 Å². The Hall–Kier alpha value is -0.650. The van der Waals surface area contributed by atoms with Gasteiger partial charge in [-0.25, -0.2) is 4.39 Å². The molecule has 2 N–H and O–H groups in total. The smallest absolute Gasteiger partial charge is 0.258 e. The highest BCUT2D eigenvalue weighted by Crippen LogP contribution is 2.22. The molecule has 0 aromatic heterocycles. The predicted molar refractivity (Wildman–Crippen MR) is 69.8 cm³/mol. The summed E-state index contributed by atoms with van der Waals surface area (Å²) < 4.78 is 14.0. The summed E-state index contributed by atoms with van der Waals surface area (Å²) in [6.07, 6.45) is 0.776. The van der Waals surface area contributed by atoms with Crippen molar-refractivity contribution in [2.75, 3.05) is 13.1 Å². The maximum atomic E-state index is 13.5. The molecule has 3 nitrogen and oxygen atoms in total. The average Bonchev–Trinajstić information content (AvgIpc) is 2.64. The van der Waals surface area contributed by atoms with Crippen LogP contribution in [0.4, 0.5) is 4.39 Å². The van der Waals surface area contributed by atoms with Crippen molar-refractivity contribution in [2.24, 2.45) is 5.73 Å². The molecule has 0 saturated carbocycles. The number of nitrogens with zero attached hydrogens (tertiary/aromatic N) is 1. The third-order valence-corrected chi connectivity index (χ3v) is 3.35. The first-order valence-electron chi connectivity index (χ1n) is 5.08. The molecular weight excluding hydrogens is 310 g/mol. The van der Waals surface area contributed by atoms with E-state index in [1.54, 1.807) is 17.0 Å². The van der Waals surface area contributed by atoms with Gasteiger partial charge in [-0.1, -0.05) is 6.07 Å². The molecule has 1 fully saturated rings. The van der Waals surface area contributed by atoms with Crippen LogP contribution in [0.2, 0.25) is 0 Å². The molecule has 1 aliphatic heterocycles. The molecule has 2 rings (SSSR count). The number of hydrogen-bond acceptors (Lipinski definition) is 2. The molecule has 1 aliphatic rings. The number of benzene rings is 1. The number of hydrogen-bond donors (Lipinski definition) is 1. The first-order chi connectivity index (χ1) is 7.59. The van der Waals surface area contributed by atoms with Crippen LogP contribution in [0.1, 0.15) is 16.8 Å². The van der Waals surface area contributed by atoms with E-state index in [0.717, 1.165) is 6.42 Å². The third kappa shape index (κ3) is 2.97. The van der Waals surface area contributed by atoms with Crippen LogP contribution in [0, 0.1) is 5.82 Å². The Labute approximate surface area is 114 Å². The lowest BCUT2D eigenvalue weighted by Crippen LogP contribution is -2.32. The lowest BCUT2D eigenvalue weighted by atomic mass is 10.2. The number of carbonyl (C=O) groups is 1. The Balaban J connectivity index is 0.00000144. The fourth-order valence-corrected chi connectivity index (χ4v) is 2.34. The maximum absolute atomic E-state index is 13.5. The second-order valence-electron chi connectivity index (χ2n) is 3.90. The molecule has 1 saturated heterocycles. The number of carbonyl (C=O) groups excluding carboxylic acids is 1. The summed E-state index contributed by atoms with van der Waals surface area (Å²) in [6.45, 7) is 1.10. The zero-order chi connectivity index (χ0) is 11.7. The summed E-state index contributed by atoms with van der Waals surface area (Å²) >= 11 is 3.19. The first-order valence-corrected chi connectivity index (χ1v) is 5.87. The monoisotopic (exact) mass is 322 g/mol. The van der Waals surface area contributed by atoms with Gasteiger partial charge in [-0.2, -0.15) is 0 Å². The number of nitrogens with two attached hydrogens (primary N) is 1. The lowest BCUT2D eigenvalue weighted by Gasteiger charge is -2.16. The maximum Gasteiger partial charge on any atom is 0.258 e. The van der Waals surface area contributed by atoms with Crippen molar-refractivity contribution in [1.29, 1.82) is 0 Å². The summed E-state index contributed by atoms with van der Waals surface area (Å²) in [5.41, 5.74) is 5.81. The Morgan fingerprint density at radius 3 is 2.76 bits per heavy atom. The van der Waals surface area contributed by atoms with E-state index >= 15 is 0 Å². The van der Waals surface area contributed by atoms with Crippen LogP contribution >= 0.6 is 28.3 Å². The third-order valence-electron chi connectivity index (χ3n) is 2.69. The fourth-order valence-electron chi connectivity index (χ4n) is 1.83. The second kappa shape index (κ2) is 5.80. The van der Waals surface area contributed by atoms with E-state index in [9.17, 15) is 9.18 Å². The van der Waals surface area contributed by atoms with Crippen LogP contribution in [0.5, 0.6) is 0 Å².